The highest BCUT2D eigenvalue weighted by Crippen LogP contribution is 2.40. The summed E-state index contributed by atoms with van der Waals surface area (Å²) in [4.78, 5) is 17.4. The molecule has 3 aromatic carbocycles. The fourth-order valence-electron chi connectivity index (χ4n) is 6.15. The second-order valence-electron chi connectivity index (χ2n) is 11.3. The molecular weight excluding hydrogens is 458 g/mol. The summed E-state index contributed by atoms with van der Waals surface area (Å²) in [5, 5.41) is 0. The van der Waals surface area contributed by atoms with Gasteiger partial charge in [0, 0.05) is 160 Å². The first-order chi connectivity index (χ1) is 17.5. The van der Waals surface area contributed by atoms with Crippen LogP contribution in [0.4, 0.5) is 5.69 Å². The van der Waals surface area contributed by atoms with Gasteiger partial charge in [0.15, 0.2) is 5.58 Å². The van der Waals surface area contributed by atoms with Gasteiger partial charge < -0.3 is 9.32 Å². The van der Waals surface area contributed by atoms with Crippen LogP contribution in [0.25, 0.3) is 22.2 Å². The van der Waals surface area contributed by atoms with Crippen molar-refractivity contribution in [1.82, 2.24) is 9.47 Å². The second-order valence-corrected chi connectivity index (χ2v) is 11.3. The Morgan fingerprint density at radius 1 is 1.00 bits per heavy atom. The summed E-state index contributed by atoms with van der Waals surface area (Å²) in [6, 6.07) is 20.3. The zero-order chi connectivity index (χ0) is 26.6. The quantitative estimate of drug-likeness (QED) is 0.217. The highest BCUT2D eigenvalue weighted by Gasteiger charge is 2.43. The number of fused-ring (bicyclic) bond motifs is 1. The average Bonchev–Trinajstić information content (AvgIpc) is 3.18. The largest absolute Gasteiger partial charge is 0.419 e. The summed E-state index contributed by atoms with van der Waals surface area (Å²) in [5.74, 6) is -0.313. The van der Waals surface area contributed by atoms with Crippen LogP contribution in [0.5, 0.6) is 0 Å². The number of oxazole rings is 1. The van der Waals surface area contributed by atoms with Crippen LogP contribution in [0.2, 0.25) is 0 Å². The molecule has 0 aliphatic carbocycles. The Morgan fingerprint density at radius 3 is 2.49 bits per heavy atom. The van der Waals surface area contributed by atoms with E-state index < -0.39 is 0 Å². The van der Waals surface area contributed by atoms with Crippen LogP contribution in [0, 0.1) is 20.8 Å². The van der Waals surface area contributed by atoms with Crippen molar-refractivity contribution in [3.63, 3.8) is 0 Å². The molecule has 5 heteroatoms. The van der Waals surface area contributed by atoms with Crippen molar-refractivity contribution < 1.29 is 127 Å². The number of piperazine rings is 1. The van der Waals surface area contributed by atoms with E-state index in [0.29, 0.717) is 5.58 Å². The van der Waals surface area contributed by atoms with E-state index in [1.54, 1.807) is 11.6 Å². The van der Waals surface area contributed by atoms with Crippen LogP contribution < -0.4 is 10.7 Å². The highest BCUT2D eigenvalue weighted by molar-refractivity contribution is 5.90. The third-order valence-corrected chi connectivity index (χ3v) is 8.98. The Hall–Kier alpha value is -3.31. The molecule has 2 unspecified atom stereocenters. The van der Waals surface area contributed by atoms with E-state index in [1.807, 2.05) is 6.92 Å². The lowest BCUT2D eigenvalue weighted by Crippen LogP contribution is -2.65. The number of nitrogens with zero attached hydrogens (tertiary/aromatic N) is 3. The maximum absolute atomic E-state index is 12.4. The number of benzene rings is 3. The van der Waals surface area contributed by atoms with E-state index in [-0.39, 0.29) is 146 Å². The molecule has 366 valence electrons. The van der Waals surface area contributed by atoms with E-state index >= 15 is 0 Å². The lowest BCUT2D eigenvalue weighted by Gasteiger charge is -2.54. The Bertz CT molecular complexity index is 1640. The minimum atomic E-state index is -0.313. The normalized spacial score (nSPS) is 18.9. The number of hydrogen-bond acceptors (Lipinski definition) is 4. The fourth-order valence-corrected chi connectivity index (χ4v) is 6.15. The van der Waals surface area contributed by atoms with Crippen LogP contribution in [0.15, 0.2) is 63.8 Å². The molecule has 2 atom stereocenters. The molecule has 1 aliphatic rings. The number of rotatable bonds is 4. The summed E-state index contributed by atoms with van der Waals surface area (Å²) in [6.07, 6.45) is 0. The highest BCUT2D eigenvalue weighted by atomic mass is 16.4. The van der Waals surface area contributed by atoms with Crippen LogP contribution in [0.3, 0.4) is 0 Å². The van der Waals surface area contributed by atoms with E-state index in [9.17, 15) is 4.79 Å². The fraction of sp³-hybridized carbons (Fsp3) is 0.406. The van der Waals surface area contributed by atoms with Crippen molar-refractivity contribution >= 4 is 16.8 Å². The van der Waals surface area contributed by atoms with Crippen molar-refractivity contribution in [1.29, 1.82) is 0 Å². The number of aromatic nitrogens is 1. The molecule has 5 rings (SSSR count). The van der Waals surface area contributed by atoms with Crippen molar-refractivity contribution in [3.05, 3.63) is 87.4 Å². The summed E-state index contributed by atoms with van der Waals surface area (Å²) in [6.45, 7) is 17.4. The van der Waals surface area contributed by atoms with Gasteiger partial charge in [-0.1, -0.05) is 42.5 Å². The summed E-state index contributed by atoms with van der Waals surface area (Å²) in [5.41, 5.74) is 10.0. The van der Waals surface area contributed by atoms with Crippen LogP contribution in [0.1, 0.15) is 179 Å². The molecule has 37 heavy (non-hydrogen) atoms. The SMILES string of the molecule is Cc1cccc(-c2cccc(C(C)N3CCN(c4ccc(C)c5c4oc(=O)n5C)C(C)(C)C3C)c2)c1C.[HH].[HH].[HH].[HH].[HH].[HH].[HH].[HH].[HH].[HH].[HH].[HH].[HH].[HH].[HH].[HH].[HH].[HH].[HH].[HH].[HH].[HH].[HH].[HH].[HH].[HH].[HH].[HH].[HH].[HH].[HH].[HH].[HH].[HH].[HH].[HH].[HH].[HH].[HH].[HH].[HH].[HH].[HH].[HH].[HH].[HH].[HH].[HH].[HH].[HH].[HH].[HH].[HH].[HH].[HH].[HH].[HH].[HH].[HH].[HH].[HH].[HH].[HH].[HH].[HH].[HH].[HH].[HH].[HH].[HH].[HH].[HH].[HH].[HH].[HH].[HH].[HH].[HH].[HH].[HH].[HH].[HH].[HH].[HH].[HH].[HH]. The van der Waals surface area contributed by atoms with E-state index in [0.717, 1.165) is 29.9 Å². The molecule has 0 spiro atoms. The third kappa shape index (κ3) is 4.10. The molecule has 0 N–H and O–H groups in total. The number of aryl methyl sites for hydroxylation is 3. The zero-order valence-corrected chi connectivity index (χ0v) is 23.4. The second kappa shape index (κ2) is 9.21. The van der Waals surface area contributed by atoms with Crippen molar-refractivity contribution in [3.8, 4) is 11.1 Å². The van der Waals surface area contributed by atoms with Gasteiger partial charge in [-0.2, -0.15) is 0 Å². The molecule has 1 fully saturated rings. The molecule has 1 saturated heterocycles. The Morgan fingerprint density at radius 2 is 1.73 bits per heavy atom. The monoisotopic (exact) mass is 671 g/mol. The Kier molecular flexibility index (Phi) is 6.31. The zero-order valence-electron chi connectivity index (χ0n) is 23.4. The Balaban J connectivity index is -0.00000000244. The van der Waals surface area contributed by atoms with Crippen molar-refractivity contribution in [2.24, 2.45) is 7.05 Å². The molecular formula is C32H211N3O2. The molecule has 1 aliphatic heterocycles. The van der Waals surface area contributed by atoms with Gasteiger partial charge in [-0.15, -0.1) is 0 Å². The molecule has 1 aromatic heterocycles. The topological polar surface area (TPSA) is 41.6 Å². The van der Waals surface area contributed by atoms with Crippen molar-refractivity contribution in [2.75, 3.05) is 18.0 Å². The molecule has 0 amide bonds. The van der Waals surface area contributed by atoms with E-state index in [4.69, 9.17) is 4.42 Å². The van der Waals surface area contributed by atoms with Gasteiger partial charge in [-0.05, 0) is 94.0 Å². The van der Waals surface area contributed by atoms with Gasteiger partial charge in [0.25, 0.3) is 0 Å². The standard InChI is InChI=1S/C32H39N3O2.86H2/c1-20-11-9-14-27(22(20)3)26-13-10-12-25(19-26)23(4)34-17-18-35(32(6,7)24(34)5)28-16-15-21(2)29-30(28)37-31(36)33(29)8;;;;;;;;;;;;;;;;;;;;;;;;;;;;;;;;;;;;;;;;;;;;;;;;;;;;;;;;;;;;;;;;;;;;;;;;;;;;;;;;;;;;;;/h9-16,19,23-24H,17-18H2,1-8H3;86*1H. The molecule has 0 bridgehead atoms. The summed E-state index contributed by atoms with van der Waals surface area (Å²) < 4.78 is 7.38. The van der Waals surface area contributed by atoms with Crippen LogP contribution in [-0.4, -0.2) is 34.1 Å². The summed E-state index contributed by atoms with van der Waals surface area (Å²) in [7, 11) is 1.78. The first-order valence-corrected chi connectivity index (χ1v) is 13.3. The molecule has 4 aromatic rings. The number of anilines is 1. The lowest BCUT2D eigenvalue weighted by atomic mass is 9.86. The number of hydrogen-bond donors (Lipinski definition) is 0. The van der Waals surface area contributed by atoms with Gasteiger partial charge in [0.1, 0.15) is 0 Å². The predicted octanol–water partition coefficient (Wildman–Crippen LogP) is 27.9. The van der Waals surface area contributed by atoms with Gasteiger partial charge in [-0.25, -0.2) is 4.79 Å². The minimum absolute atomic E-state index is 0. The molecule has 5 nitrogen and oxygen atoms in total. The van der Waals surface area contributed by atoms with Crippen LogP contribution in [-0.2, 0) is 7.05 Å². The predicted molar refractivity (Wildman–Crippen MR) is 335 cm³/mol. The third-order valence-electron chi connectivity index (χ3n) is 8.98. The van der Waals surface area contributed by atoms with Crippen molar-refractivity contribution in [2.45, 2.75) is 66.1 Å². The van der Waals surface area contributed by atoms with Crippen LogP contribution >= 0.6 is 0 Å². The first-order valence-electron chi connectivity index (χ1n) is 13.3. The summed E-state index contributed by atoms with van der Waals surface area (Å²) >= 11 is 0. The van der Waals surface area contributed by atoms with E-state index in [2.05, 4.69) is 106 Å². The average molecular weight is 671 g/mol. The lowest BCUT2D eigenvalue weighted by molar-refractivity contribution is 0.0747. The first kappa shape index (κ1) is 25.3. The molecule has 0 radical (unpaired) electrons. The smallest absolute Gasteiger partial charge is 0.405 e. The molecule has 2 heterocycles. The van der Waals surface area contributed by atoms with Gasteiger partial charge >= 0.3 is 5.76 Å². The van der Waals surface area contributed by atoms with Gasteiger partial charge in [0.05, 0.1) is 11.2 Å². The minimum Gasteiger partial charge on any atom is -0.405 e. The Labute approximate surface area is 348 Å². The maximum atomic E-state index is 12.4. The van der Waals surface area contributed by atoms with Gasteiger partial charge in [0.2, 0.25) is 0 Å². The van der Waals surface area contributed by atoms with E-state index in [1.165, 1.54) is 27.8 Å². The maximum Gasteiger partial charge on any atom is 0.419 e. The molecule has 0 saturated carbocycles. The van der Waals surface area contributed by atoms with Gasteiger partial charge in [-0.3, -0.25) is 9.47 Å².